The summed E-state index contributed by atoms with van der Waals surface area (Å²) in [6.45, 7) is 8.32. The lowest BCUT2D eigenvalue weighted by Gasteiger charge is -2.36. The van der Waals surface area contributed by atoms with Crippen LogP contribution in [0.4, 0.5) is 0 Å². The fraction of sp³-hybridized carbons (Fsp3) is 0.240. The number of hydrogen-bond donors (Lipinski definition) is 0. The number of carbonyl (C=O) groups is 1. The van der Waals surface area contributed by atoms with Crippen molar-refractivity contribution < 1.29 is 14.3 Å². The summed E-state index contributed by atoms with van der Waals surface area (Å²) in [5.74, 6) is 1.55. The van der Waals surface area contributed by atoms with Crippen LogP contribution in [-0.4, -0.2) is 5.97 Å². The highest BCUT2D eigenvalue weighted by atomic mass is 16.6. The molecule has 5 rings (SSSR count). The van der Waals surface area contributed by atoms with Crippen LogP contribution in [0.25, 0.3) is 0 Å². The van der Waals surface area contributed by atoms with Crippen LogP contribution in [-0.2, 0) is 10.3 Å². The van der Waals surface area contributed by atoms with Crippen LogP contribution in [0, 0.1) is 13.8 Å². The summed E-state index contributed by atoms with van der Waals surface area (Å²) in [5.41, 5.74) is 5.65. The molecule has 28 heavy (non-hydrogen) atoms. The molecule has 0 radical (unpaired) electrons. The van der Waals surface area contributed by atoms with Gasteiger partial charge in [0.25, 0.3) is 0 Å². The first-order chi connectivity index (χ1) is 13.4. The molecule has 0 aliphatic carbocycles. The number of benzene rings is 3. The van der Waals surface area contributed by atoms with E-state index in [4.69, 9.17) is 9.47 Å². The molecule has 3 aromatic carbocycles. The van der Waals surface area contributed by atoms with E-state index in [9.17, 15) is 4.79 Å². The zero-order chi connectivity index (χ0) is 19.6. The summed E-state index contributed by atoms with van der Waals surface area (Å²) >= 11 is 0. The van der Waals surface area contributed by atoms with E-state index in [1.165, 1.54) is 0 Å². The van der Waals surface area contributed by atoms with Gasteiger partial charge in [0, 0.05) is 16.7 Å². The second kappa shape index (κ2) is 5.71. The summed E-state index contributed by atoms with van der Waals surface area (Å²) in [6.07, 6.45) is 0. The SMILES string of the molecule is Cc1ccc2c(c1)Oc1cc(C)ccc1C21OC(=O)c2cc(C(C)C)ccc21. The molecule has 140 valence electrons. The molecule has 0 N–H and O–H groups in total. The Bertz CT molecular complexity index is 1090. The number of rotatable bonds is 1. The van der Waals surface area contributed by atoms with Gasteiger partial charge in [-0.25, -0.2) is 4.79 Å². The predicted octanol–water partition coefficient (Wildman–Crippen LogP) is 5.99. The molecule has 3 heteroatoms. The lowest BCUT2D eigenvalue weighted by molar-refractivity contribution is 0.0224. The minimum absolute atomic E-state index is 0.280. The van der Waals surface area contributed by atoms with E-state index >= 15 is 0 Å². The number of esters is 1. The van der Waals surface area contributed by atoms with Crippen LogP contribution < -0.4 is 4.74 Å². The van der Waals surface area contributed by atoms with Crippen LogP contribution in [0.15, 0.2) is 54.6 Å². The molecule has 2 heterocycles. The summed E-state index contributed by atoms with van der Waals surface area (Å²) in [7, 11) is 0. The Balaban J connectivity index is 1.85. The van der Waals surface area contributed by atoms with Crippen molar-refractivity contribution >= 4 is 5.97 Å². The lowest BCUT2D eigenvalue weighted by atomic mass is 9.76. The molecule has 0 amide bonds. The van der Waals surface area contributed by atoms with Gasteiger partial charge in [0.1, 0.15) is 11.5 Å². The third-order valence-electron chi connectivity index (χ3n) is 5.81. The molecule has 0 unspecified atom stereocenters. The average Bonchev–Trinajstić information content (AvgIpc) is 2.94. The summed E-state index contributed by atoms with van der Waals surface area (Å²) < 4.78 is 12.5. The number of ether oxygens (including phenoxy) is 2. The number of carbonyl (C=O) groups excluding carboxylic acids is 1. The number of aryl methyl sites for hydroxylation is 2. The fourth-order valence-electron chi connectivity index (χ4n) is 4.32. The van der Waals surface area contributed by atoms with E-state index in [0.717, 1.165) is 44.9 Å². The first-order valence-electron chi connectivity index (χ1n) is 9.68. The van der Waals surface area contributed by atoms with Crippen molar-refractivity contribution in [1.29, 1.82) is 0 Å². The molecule has 1 spiro atoms. The zero-order valence-electron chi connectivity index (χ0n) is 16.5. The van der Waals surface area contributed by atoms with Gasteiger partial charge in [-0.15, -0.1) is 0 Å². The van der Waals surface area contributed by atoms with E-state index in [1.54, 1.807) is 0 Å². The molecule has 0 aromatic heterocycles. The smallest absolute Gasteiger partial charge is 0.340 e. The quantitative estimate of drug-likeness (QED) is 0.493. The van der Waals surface area contributed by atoms with Crippen molar-refractivity contribution in [3.05, 3.63) is 93.5 Å². The van der Waals surface area contributed by atoms with Gasteiger partial charge < -0.3 is 9.47 Å². The molecule has 0 bridgehead atoms. The Hall–Kier alpha value is -3.07. The highest BCUT2D eigenvalue weighted by Gasteiger charge is 2.53. The van der Waals surface area contributed by atoms with Gasteiger partial charge in [0.05, 0.1) is 5.56 Å². The molecule has 0 saturated carbocycles. The van der Waals surface area contributed by atoms with Crippen LogP contribution >= 0.6 is 0 Å². The van der Waals surface area contributed by atoms with Crippen LogP contribution in [0.5, 0.6) is 11.5 Å². The van der Waals surface area contributed by atoms with Crippen molar-refractivity contribution in [2.24, 2.45) is 0 Å². The predicted molar refractivity (Wildman–Crippen MR) is 108 cm³/mol. The van der Waals surface area contributed by atoms with E-state index < -0.39 is 5.60 Å². The highest BCUT2D eigenvalue weighted by Crippen LogP contribution is 2.56. The normalized spacial score (nSPS) is 15.7. The molecule has 3 nitrogen and oxygen atoms in total. The third-order valence-corrected chi connectivity index (χ3v) is 5.81. The fourth-order valence-corrected chi connectivity index (χ4v) is 4.32. The molecular formula is C25H22O3. The van der Waals surface area contributed by atoms with E-state index in [-0.39, 0.29) is 5.97 Å². The maximum absolute atomic E-state index is 13.0. The zero-order valence-corrected chi connectivity index (χ0v) is 16.5. The standard InChI is InChI=1S/C25H22O3/c1-14(2)17-7-10-19-18(13-17)24(26)28-25(19)20-8-5-15(3)11-22(20)27-23-12-16(4)6-9-21(23)25/h5-14H,1-4H3. The van der Waals surface area contributed by atoms with Gasteiger partial charge in [-0.3, -0.25) is 0 Å². The van der Waals surface area contributed by atoms with Gasteiger partial charge in [-0.2, -0.15) is 0 Å². The van der Waals surface area contributed by atoms with Crippen LogP contribution in [0.1, 0.15) is 63.5 Å². The van der Waals surface area contributed by atoms with Gasteiger partial charge in [0.2, 0.25) is 0 Å². The Kier molecular flexibility index (Phi) is 3.48. The van der Waals surface area contributed by atoms with Gasteiger partial charge in [-0.1, -0.05) is 50.2 Å². The van der Waals surface area contributed by atoms with E-state index in [0.29, 0.717) is 11.5 Å². The van der Waals surface area contributed by atoms with E-state index in [2.05, 4.69) is 19.9 Å². The largest absolute Gasteiger partial charge is 0.456 e. The van der Waals surface area contributed by atoms with Gasteiger partial charge >= 0.3 is 5.97 Å². The van der Waals surface area contributed by atoms with Crippen molar-refractivity contribution in [3.63, 3.8) is 0 Å². The molecule has 0 atom stereocenters. The first kappa shape index (κ1) is 17.1. The average molecular weight is 370 g/mol. The molecule has 2 aliphatic rings. The first-order valence-corrected chi connectivity index (χ1v) is 9.68. The lowest BCUT2D eigenvalue weighted by Crippen LogP contribution is -2.33. The minimum Gasteiger partial charge on any atom is -0.456 e. The van der Waals surface area contributed by atoms with E-state index in [1.807, 2.05) is 62.4 Å². The minimum atomic E-state index is -0.966. The van der Waals surface area contributed by atoms with Crippen molar-refractivity contribution in [2.75, 3.05) is 0 Å². The second-order valence-electron chi connectivity index (χ2n) is 8.13. The monoisotopic (exact) mass is 370 g/mol. The third kappa shape index (κ3) is 2.19. The van der Waals surface area contributed by atoms with Crippen LogP contribution in [0.2, 0.25) is 0 Å². The molecule has 0 saturated heterocycles. The Morgan fingerprint density at radius 1 is 0.786 bits per heavy atom. The molecule has 0 fully saturated rings. The maximum Gasteiger partial charge on any atom is 0.340 e. The highest BCUT2D eigenvalue weighted by molar-refractivity contribution is 5.97. The topological polar surface area (TPSA) is 35.5 Å². The summed E-state index contributed by atoms with van der Waals surface area (Å²) in [4.78, 5) is 13.0. The molecule has 3 aromatic rings. The van der Waals surface area contributed by atoms with Crippen LogP contribution in [0.3, 0.4) is 0 Å². The number of fused-ring (bicyclic) bond motifs is 6. The Morgan fingerprint density at radius 2 is 1.36 bits per heavy atom. The maximum atomic E-state index is 13.0. The number of hydrogen-bond acceptors (Lipinski definition) is 3. The Labute approximate surface area is 164 Å². The van der Waals surface area contributed by atoms with Crippen molar-refractivity contribution in [1.82, 2.24) is 0 Å². The Morgan fingerprint density at radius 3 is 1.93 bits per heavy atom. The molecule has 2 aliphatic heterocycles. The van der Waals surface area contributed by atoms with Gasteiger partial charge in [0.15, 0.2) is 5.60 Å². The van der Waals surface area contributed by atoms with Gasteiger partial charge in [-0.05, 0) is 54.7 Å². The van der Waals surface area contributed by atoms with Crippen molar-refractivity contribution in [2.45, 2.75) is 39.2 Å². The summed E-state index contributed by atoms with van der Waals surface area (Å²) in [5, 5.41) is 0. The molecular weight excluding hydrogens is 348 g/mol. The second-order valence-corrected chi connectivity index (χ2v) is 8.13. The van der Waals surface area contributed by atoms with Crippen molar-refractivity contribution in [3.8, 4) is 11.5 Å². The summed E-state index contributed by atoms with van der Waals surface area (Å²) in [6, 6.07) is 18.3.